The summed E-state index contributed by atoms with van der Waals surface area (Å²) in [6, 6.07) is 13.8. The molecule has 2 aromatic carbocycles. The monoisotopic (exact) mass is 369 g/mol. The van der Waals surface area contributed by atoms with E-state index in [9.17, 15) is 14.9 Å². The highest BCUT2D eigenvalue weighted by atomic mass is 32.2. The number of non-ortho nitro benzene ring substituents is 1. The first-order valence-electron chi connectivity index (χ1n) is 8.31. The number of fused-ring (bicyclic) bond motifs is 1. The maximum absolute atomic E-state index is 12.9. The number of rotatable bonds is 6. The third kappa shape index (κ3) is 3.94. The van der Waals surface area contributed by atoms with Gasteiger partial charge in [0.2, 0.25) is 0 Å². The first-order chi connectivity index (χ1) is 12.5. The molecule has 26 heavy (non-hydrogen) atoms. The topological polar surface area (TPSA) is 78.0 Å². The standard InChI is InChI=1S/C19H19N3O3S/c1-13(2)11-21-18(23)16-5-3-4-6-17(16)20-19(21)26-12-14-7-9-15(10-8-14)22(24)25/h3-10,13H,11-12H2,1-2H3. The lowest BCUT2D eigenvalue weighted by Crippen LogP contribution is -2.25. The van der Waals surface area contributed by atoms with E-state index in [-0.39, 0.29) is 11.2 Å². The summed E-state index contributed by atoms with van der Waals surface area (Å²) in [6.45, 7) is 4.72. The Bertz CT molecular complexity index is 997. The van der Waals surface area contributed by atoms with Crippen LogP contribution in [0.15, 0.2) is 58.5 Å². The Morgan fingerprint density at radius 3 is 2.50 bits per heavy atom. The van der Waals surface area contributed by atoms with Crippen molar-refractivity contribution in [2.75, 3.05) is 0 Å². The zero-order valence-electron chi connectivity index (χ0n) is 14.6. The highest BCUT2D eigenvalue weighted by Gasteiger charge is 2.13. The van der Waals surface area contributed by atoms with Crippen molar-refractivity contribution in [3.05, 3.63) is 74.6 Å². The van der Waals surface area contributed by atoms with E-state index >= 15 is 0 Å². The molecule has 0 amide bonds. The number of hydrogen-bond donors (Lipinski definition) is 0. The zero-order valence-corrected chi connectivity index (χ0v) is 15.4. The summed E-state index contributed by atoms with van der Waals surface area (Å²) in [5, 5.41) is 12.0. The van der Waals surface area contributed by atoms with Crippen molar-refractivity contribution >= 4 is 28.4 Å². The molecule has 0 aliphatic heterocycles. The summed E-state index contributed by atoms with van der Waals surface area (Å²) in [7, 11) is 0. The van der Waals surface area contributed by atoms with Crippen molar-refractivity contribution < 1.29 is 4.92 Å². The summed E-state index contributed by atoms with van der Waals surface area (Å²) in [5.41, 5.74) is 1.66. The van der Waals surface area contributed by atoms with Crippen LogP contribution >= 0.6 is 11.8 Å². The number of nitro benzene ring substituents is 1. The van der Waals surface area contributed by atoms with Crippen LogP contribution in [0.3, 0.4) is 0 Å². The summed E-state index contributed by atoms with van der Waals surface area (Å²) in [5.74, 6) is 0.898. The Hall–Kier alpha value is -2.67. The minimum Gasteiger partial charge on any atom is -0.287 e. The van der Waals surface area contributed by atoms with Crippen LogP contribution in [-0.2, 0) is 12.3 Å². The molecule has 7 heteroatoms. The lowest BCUT2D eigenvalue weighted by molar-refractivity contribution is -0.384. The van der Waals surface area contributed by atoms with Gasteiger partial charge in [0.15, 0.2) is 5.16 Å². The number of thioether (sulfide) groups is 1. The van der Waals surface area contributed by atoms with Gasteiger partial charge in [-0.2, -0.15) is 0 Å². The summed E-state index contributed by atoms with van der Waals surface area (Å²) >= 11 is 1.47. The van der Waals surface area contributed by atoms with Gasteiger partial charge in [-0.3, -0.25) is 19.5 Å². The van der Waals surface area contributed by atoms with E-state index in [0.717, 1.165) is 5.56 Å². The number of aromatic nitrogens is 2. The molecule has 0 spiro atoms. The van der Waals surface area contributed by atoms with Crippen LogP contribution in [0.2, 0.25) is 0 Å². The van der Waals surface area contributed by atoms with Crippen LogP contribution in [0.4, 0.5) is 5.69 Å². The number of hydrogen-bond acceptors (Lipinski definition) is 5. The van der Waals surface area contributed by atoms with Gasteiger partial charge < -0.3 is 0 Å². The van der Waals surface area contributed by atoms with E-state index < -0.39 is 4.92 Å². The van der Waals surface area contributed by atoms with Gasteiger partial charge in [-0.1, -0.05) is 49.9 Å². The predicted molar refractivity (Wildman–Crippen MR) is 103 cm³/mol. The van der Waals surface area contributed by atoms with Gasteiger partial charge in [0, 0.05) is 24.4 Å². The van der Waals surface area contributed by atoms with E-state index in [1.807, 2.05) is 18.2 Å². The smallest absolute Gasteiger partial charge is 0.269 e. The first kappa shape index (κ1) is 18.1. The number of benzene rings is 2. The molecule has 0 unspecified atom stereocenters. The molecule has 134 valence electrons. The van der Waals surface area contributed by atoms with Crippen molar-refractivity contribution in [3.63, 3.8) is 0 Å². The number of nitrogens with zero attached hydrogens (tertiary/aromatic N) is 3. The van der Waals surface area contributed by atoms with Gasteiger partial charge in [0.1, 0.15) is 0 Å². The minimum atomic E-state index is -0.415. The highest BCUT2D eigenvalue weighted by molar-refractivity contribution is 7.98. The second kappa shape index (κ2) is 7.70. The largest absolute Gasteiger partial charge is 0.287 e. The molecule has 0 fully saturated rings. The molecule has 3 aromatic rings. The molecule has 0 aliphatic carbocycles. The maximum Gasteiger partial charge on any atom is 0.269 e. The fourth-order valence-electron chi connectivity index (χ4n) is 2.65. The highest BCUT2D eigenvalue weighted by Crippen LogP contribution is 2.24. The predicted octanol–water partition coefficient (Wildman–Crippen LogP) is 4.25. The van der Waals surface area contributed by atoms with E-state index in [1.54, 1.807) is 22.8 Å². The van der Waals surface area contributed by atoms with Gasteiger partial charge in [0.05, 0.1) is 15.8 Å². The van der Waals surface area contributed by atoms with E-state index in [0.29, 0.717) is 34.3 Å². The molecule has 1 heterocycles. The van der Waals surface area contributed by atoms with Gasteiger partial charge in [-0.25, -0.2) is 4.98 Å². The second-order valence-electron chi connectivity index (χ2n) is 6.43. The quantitative estimate of drug-likeness (QED) is 0.281. The molecule has 0 saturated carbocycles. The van der Waals surface area contributed by atoms with Gasteiger partial charge in [-0.05, 0) is 23.6 Å². The summed E-state index contributed by atoms with van der Waals surface area (Å²) in [6.07, 6.45) is 0. The molecular formula is C19H19N3O3S. The maximum atomic E-state index is 12.9. The Balaban J connectivity index is 1.92. The molecule has 0 radical (unpaired) electrons. The lowest BCUT2D eigenvalue weighted by atomic mass is 10.2. The van der Waals surface area contributed by atoms with Crippen molar-refractivity contribution in [2.45, 2.75) is 31.3 Å². The van der Waals surface area contributed by atoms with E-state index in [2.05, 4.69) is 18.8 Å². The van der Waals surface area contributed by atoms with Crippen LogP contribution in [0.1, 0.15) is 19.4 Å². The third-order valence-electron chi connectivity index (χ3n) is 3.89. The fraction of sp³-hybridized carbons (Fsp3) is 0.263. The normalized spacial score (nSPS) is 11.2. The Morgan fingerprint density at radius 1 is 1.15 bits per heavy atom. The fourth-order valence-corrected chi connectivity index (χ4v) is 3.61. The van der Waals surface area contributed by atoms with Crippen molar-refractivity contribution in [2.24, 2.45) is 5.92 Å². The Kier molecular flexibility index (Phi) is 5.37. The first-order valence-corrected chi connectivity index (χ1v) is 9.30. The molecule has 0 N–H and O–H groups in total. The number of para-hydroxylation sites is 1. The molecular weight excluding hydrogens is 350 g/mol. The van der Waals surface area contributed by atoms with Crippen molar-refractivity contribution in [1.82, 2.24) is 9.55 Å². The molecule has 0 bridgehead atoms. The van der Waals surface area contributed by atoms with E-state index in [1.165, 1.54) is 23.9 Å². The molecule has 0 saturated heterocycles. The number of nitro groups is 1. The average molecular weight is 369 g/mol. The molecule has 0 atom stereocenters. The van der Waals surface area contributed by atoms with Crippen molar-refractivity contribution in [1.29, 1.82) is 0 Å². The van der Waals surface area contributed by atoms with Gasteiger partial charge >= 0.3 is 0 Å². The average Bonchev–Trinajstić information content (AvgIpc) is 2.63. The molecule has 0 aliphatic rings. The molecule has 6 nitrogen and oxygen atoms in total. The van der Waals surface area contributed by atoms with Crippen LogP contribution in [-0.4, -0.2) is 14.5 Å². The van der Waals surface area contributed by atoms with Crippen LogP contribution in [0.25, 0.3) is 10.9 Å². The van der Waals surface area contributed by atoms with Crippen LogP contribution in [0.5, 0.6) is 0 Å². The Morgan fingerprint density at radius 2 is 1.85 bits per heavy atom. The summed E-state index contributed by atoms with van der Waals surface area (Å²) < 4.78 is 1.73. The van der Waals surface area contributed by atoms with E-state index in [4.69, 9.17) is 0 Å². The Labute approximate surface area is 155 Å². The van der Waals surface area contributed by atoms with Crippen LogP contribution < -0.4 is 5.56 Å². The SMILES string of the molecule is CC(C)Cn1c(SCc2ccc([N+](=O)[O-])cc2)nc2ccccc2c1=O. The second-order valence-corrected chi connectivity index (χ2v) is 7.38. The van der Waals surface area contributed by atoms with Gasteiger partial charge in [-0.15, -0.1) is 0 Å². The van der Waals surface area contributed by atoms with Gasteiger partial charge in [0.25, 0.3) is 11.2 Å². The summed E-state index contributed by atoms with van der Waals surface area (Å²) in [4.78, 5) is 27.9. The third-order valence-corrected chi connectivity index (χ3v) is 4.94. The molecule has 3 rings (SSSR count). The zero-order chi connectivity index (χ0) is 18.7. The van der Waals surface area contributed by atoms with Crippen LogP contribution in [0, 0.1) is 16.0 Å². The molecule has 1 aromatic heterocycles. The minimum absolute atomic E-state index is 0.0319. The van der Waals surface area contributed by atoms with Crippen molar-refractivity contribution in [3.8, 4) is 0 Å². The lowest BCUT2D eigenvalue weighted by Gasteiger charge is -2.15.